The molecule has 0 aliphatic heterocycles. The minimum atomic E-state index is -1.18. The molecule has 8 heavy (non-hydrogen) atoms. The number of hydrogen-bond acceptors (Lipinski definition) is 3. The lowest BCUT2D eigenvalue weighted by Gasteiger charge is -1.96. The third-order valence-corrected chi connectivity index (χ3v) is 0.514. The molecular formula is C4H7NO3. The number of aliphatic hydroxyl groups excluding tert-OH is 1. The second kappa shape index (κ2) is 4.55. The van der Waals surface area contributed by atoms with Gasteiger partial charge in [0.1, 0.15) is 6.04 Å². The summed E-state index contributed by atoms with van der Waals surface area (Å²) in [6.07, 6.45) is 0. The van der Waals surface area contributed by atoms with Crippen LogP contribution in [0.15, 0.2) is 0 Å². The molecule has 0 aromatic carbocycles. The third-order valence-electron chi connectivity index (χ3n) is 0.514. The van der Waals surface area contributed by atoms with Crippen LogP contribution < -0.4 is 5.73 Å². The zero-order valence-corrected chi connectivity index (χ0v) is 4.16. The highest BCUT2D eigenvalue weighted by molar-refractivity contribution is 5.73. The first-order chi connectivity index (χ1) is 3.18. The Hall–Kier alpha value is -0.610. The first-order valence-corrected chi connectivity index (χ1v) is 1.77. The zero-order chi connectivity index (χ0) is 5.86. The highest BCUT2D eigenvalue weighted by atomic mass is 16.4. The molecule has 1 atom stereocenters. The Morgan fingerprint density at radius 3 is 2.12 bits per heavy atom. The van der Waals surface area contributed by atoms with E-state index >= 15 is 0 Å². The van der Waals surface area contributed by atoms with Crippen LogP contribution >= 0.6 is 0 Å². The van der Waals surface area contributed by atoms with Gasteiger partial charge in [0.05, 0.1) is 6.61 Å². The van der Waals surface area contributed by atoms with E-state index in [1.807, 2.05) is 0 Å². The normalized spacial score (nSPS) is 11.8. The molecule has 0 amide bonds. The van der Waals surface area contributed by atoms with Crippen molar-refractivity contribution in [2.24, 2.45) is 5.73 Å². The van der Waals surface area contributed by atoms with Gasteiger partial charge in [0.2, 0.25) is 0 Å². The predicted molar refractivity (Wildman–Crippen MR) is 25.9 cm³/mol. The molecule has 0 aliphatic carbocycles. The van der Waals surface area contributed by atoms with E-state index in [1.54, 1.807) is 0 Å². The number of carboxylic acid groups (broad SMARTS) is 1. The lowest BCUT2D eigenvalue weighted by Crippen LogP contribution is -2.33. The van der Waals surface area contributed by atoms with Gasteiger partial charge in [-0.15, -0.1) is 0 Å². The fourth-order valence-electron chi connectivity index (χ4n) is 0.0781. The molecular weight excluding hydrogens is 110 g/mol. The van der Waals surface area contributed by atoms with Crippen molar-refractivity contribution in [1.82, 2.24) is 0 Å². The topological polar surface area (TPSA) is 83.5 Å². The van der Waals surface area contributed by atoms with Crippen molar-refractivity contribution in [3.05, 3.63) is 7.43 Å². The fraction of sp³-hybridized carbons (Fsp3) is 0.500. The van der Waals surface area contributed by atoms with Gasteiger partial charge in [-0.2, -0.15) is 0 Å². The van der Waals surface area contributed by atoms with Gasteiger partial charge in [0.25, 0.3) is 0 Å². The summed E-state index contributed by atoms with van der Waals surface area (Å²) in [6.45, 7) is -0.505. The van der Waals surface area contributed by atoms with E-state index in [9.17, 15) is 4.79 Å². The van der Waals surface area contributed by atoms with Crippen LogP contribution in [0.25, 0.3) is 0 Å². The molecule has 0 bridgehead atoms. The lowest BCUT2D eigenvalue weighted by atomic mass is 10.3. The van der Waals surface area contributed by atoms with Gasteiger partial charge in [-0.25, -0.2) is 0 Å². The van der Waals surface area contributed by atoms with Crippen molar-refractivity contribution in [2.45, 2.75) is 6.04 Å². The van der Waals surface area contributed by atoms with E-state index in [2.05, 4.69) is 0 Å². The molecule has 4 heteroatoms. The lowest BCUT2D eigenvalue weighted by molar-refractivity contribution is -0.139. The van der Waals surface area contributed by atoms with E-state index in [4.69, 9.17) is 15.9 Å². The van der Waals surface area contributed by atoms with Crippen molar-refractivity contribution in [3.8, 4) is 0 Å². The van der Waals surface area contributed by atoms with Crippen molar-refractivity contribution in [1.29, 1.82) is 0 Å². The summed E-state index contributed by atoms with van der Waals surface area (Å²) in [4.78, 5) is 9.65. The Bertz CT molecular complexity index is 73.7. The summed E-state index contributed by atoms with van der Waals surface area (Å²) in [5.74, 6) is -1.18. The highest BCUT2D eigenvalue weighted by Gasteiger charge is 2.06. The van der Waals surface area contributed by atoms with Gasteiger partial charge >= 0.3 is 5.97 Å². The van der Waals surface area contributed by atoms with Crippen LogP contribution in [0, 0.1) is 7.43 Å². The van der Waals surface area contributed by atoms with Crippen LogP contribution in [-0.2, 0) is 4.79 Å². The number of nitrogens with two attached hydrogens (primary N) is 1. The van der Waals surface area contributed by atoms with Gasteiger partial charge in [-0.3, -0.25) is 4.79 Å². The maximum Gasteiger partial charge on any atom is 0.322 e. The highest BCUT2D eigenvalue weighted by Crippen LogP contribution is 1.71. The largest absolute Gasteiger partial charge is 0.480 e. The van der Waals surface area contributed by atoms with Crippen molar-refractivity contribution < 1.29 is 15.0 Å². The monoisotopic (exact) mass is 117 g/mol. The standard InChI is InChI=1S/C3H7NO3.C/c4-2(1-5)3(6)7;/h2,5H,1,4H2,(H,6,7);/t2-;/m0./s1. The minimum absolute atomic E-state index is 0. The van der Waals surface area contributed by atoms with E-state index < -0.39 is 18.6 Å². The van der Waals surface area contributed by atoms with E-state index in [0.717, 1.165) is 0 Å². The molecule has 0 rings (SSSR count). The Labute approximate surface area is 47.9 Å². The van der Waals surface area contributed by atoms with Gasteiger partial charge in [-0.05, 0) is 0 Å². The Morgan fingerprint density at radius 1 is 1.75 bits per heavy atom. The summed E-state index contributed by atoms with van der Waals surface area (Å²) in [7, 11) is 0. The molecule has 0 aromatic rings. The van der Waals surface area contributed by atoms with Gasteiger partial charge in [0, 0.05) is 7.43 Å². The summed E-state index contributed by atoms with van der Waals surface area (Å²) < 4.78 is 0. The van der Waals surface area contributed by atoms with Crippen LogP contribution in [0.4, 0.5) is 0 Å². The van der Waals surface area contributed by atoms with Crippen LogP contribution in [0.5, 0.6) is 0 Å². The number of carboxylic acids is 1. The molecule has 0 unspecified atom stereocenters. The van der Waals surface area contributed by atoms with Crippen LogP contribution in [0.2, 0.25) is 0 Å². The molecule has 4 N–H and O–H groups in total. The maximum absolute atomic E-state index is 9.65. The van der Waals surface area contributed by atoms with Crippen LogP contribution in [-0.4, -0.2) is 28.8 Å². The van der Waals surface area contributed by atoms with Gasteiger partial charge in [-0.1, -0.05) is 0 Å². The number of aliphatic hydroxyl groups is 1. The SMILES string of the molecule is N[C@@H](CO)C(=O)O.[C]. The smallest absolute Gasteiger partial charge is 0.322 e. The van der Waals surface area contributed by atoms with E-state index in [0.29, 0.717) is 0 Å². The average Bonchev–Trinajstić information content (AvgIpc) is 1.65. The second-order valence-electron chi connectivity index (χ2n) is 1.13. The Morgan fingerprint density at radius 2 is 2.12 bits per heavy atom. The average molecular weight is 117 g/mol. The first kappa shape index (κ1) is 10.4. The molecule has 0 aliphatic rings. The second-order valence-corrected chi connectivity index (χ2v) is 1.13. The molecule has 4 radical (unpaired) electrons. The predicted octanol–water partition coefficient (Wildman–Crippen LogP) is -1.53. The minimum Gasteiger partial charge on any atom is -0.480 e. The van der Waals surface area contributed by atoms with E-state index in [-0.39, 0.29) is 7.43 Å². The summed E-state index contributed by atoms with van der Waals surface area (Å²) >= 11 is 0. The van der Waals surface area contributed by atoms with Gasteiger partial charge < -0.3 is 15.9 Å². The fourth-order valence-corrected chi connectivity index (χ4v) is 0.0781. The van der Waals surface area contributed by atoms with E-state index in [1.165, 1.54) is 0 Å². The summed E-state index contributed by atoms with van der Waals surface area (Å²) in [6, 6.07) is -1.13. The summed E-state index contributed by atoms with van der Waals surface area (Å²) in [5, 5.41) is 15.9. The quantitative estimate of drug-likeness (QED) is 0.410. The Kier molecular flexibility index (Phi) is 5.90. The molecule has 0 aromatic heterocycles. The zero-order valence-electron chi connectivity index (χ0n) is 4.16. The third kappa shape index (κ3) is 3.58. The van der Waals surface area contributed by atoms with Crippen molar-refractivity contribution in [2.75, 3.05) is 6.61 Å². The Balaban J connectivity index is 0. The number of rotatable bonds is 2. The van der Waals surface area contributed by atoms with Crippen LogP contribution in [0.1, 0.15) is 0 Å². The molecule has 0 spiro atoms. The van der Waals surface area contributed by atoms with Crippen LogP contribution in [0.3, 0.4) is 0 Å². The number of aliphatic carboxylic acids is 1. The van der Waals surface area contributed by atoms with Crippen molar-refractivity contribution in [3.63, 3.8) is 0 Å². The summed E-state index contributed by atoms with van der Waals surface area (Å²) in [5.41, 5.74) is 4.77. The number of hydrogen-bond donors (Lipinski definition) is 3. The van der Waals surface area contributed by atoms with Crippen molar-refractivity contribution >= 4 is 5.97 Å². The maximum atomic E-state index is 9.65. The number of carbonyl (C=O) groups is 1. The molecule has 4 nitrogen and oxygen atoms in total. The molecule has 0 saturated carbocycles. The molecule has 0 saturated heterocycles. The molecule has 0 fully saturated rings. The molecule has 46 valence electrons. The van der Waals surface area contributed by atoms with Gasteiger partial charge in [0.15, 0.2) is 0 Å². The first-order valence-electron chi connectivity index (χ1n) is 1.77. The molecule has 0 heterocycles.